The largest absolute Gasteiger partial charge is 0.496 e. The average molecular weight is 303 g/mol. The second-order valence-electron chi connectivity index (χ2n) is 4.79. The zero-order valence-electron chi connectivity index (χ0n) is 11.4. The van der Waals surface area contributed by atoms with Gasteiger partial charge in [0.25, 0.3) is 0 Å². The van der Waals surface area contributed by atoms with E-state index in [1.54, 1.807) is 18.4 Å². The Morgan fingerprint density at radius 3 is 2.65 bits per heavy atom. The van der Waals surface area contributed by atoms with Crippen LogP contribution in [0, 0.1) is 6.92 Å². The molecule has 3 heteroatoms. The third-order valence-electron chi connectivity index (χ3n) is 3.35. The number of halogens is 1. The van der Waals surface area contributed by atoms with Crippen LogP contribution in [0.25, 0.3) is 10.1 Å². The molecule has 2 aromatic carbocycles. The first-order valence-corrected chi connectivity index (χ1v) is 7.71. The molecular formula is C17H15ClOS. The topological polar surface area (TPSA) is 9.23 Å². The second kappa shape index (κ2) is 5.47. The molecule has 0 saturated carbocycles. The molecule has 0 aliphatic heterocycles. The molecular weight excluding hydrogens is 288 g/mol. The molecule has 1 atom stereocenters. The van der Waals surface area contributed by atoms with Gasteiger partial charge in [0.2, 0.25) is 0 Å². The molecule has 3 aromatic rings. The monoisotopic (exact) mass is 302 g/mol. The van der Waals surface area contributed by atoms with Crippen LogP contribution >= 0.6 is 22.9 Å². The lowest BCUT2D eigenvalue weighted by molar-refractivity contribution is 0.410. The number of methoxy groups -OCH3 is 1. The van der Waals surface area contributed by atoms with Crippen molar-refractivity contribution < 1.29 is 4.74 Å². The van der Waals surface area contributed by atoms with Crippen molar-refractivity contribution in [2.24, 2.45) is 0 Å². The quantitative estimate of drug-likeness (QED) is 0.577. The molecule has 0 fully saturated rings. The number of aryl methyl sites for hydroxylation is 1. The Balaban J connectivity index is 2.07. The van der Waals surface area contributed by atoms with Crippen LogP contribution in [0.5, 0.6) is 5.75 Å². The summed E-state index contributed by atoms with van der Waals surface area (Å²) < 4.78 is 6.70. The van der Waals surface area contributed by atoms with Gasteiger partial charge in [0.15, 0.2) is 0 Å². The molecule has 1 nitrogen and oxygen atoms in total. The second-order valence-corrected chi connectivity index (χ2v) is 6.35. The number of thiophene rings is 1. The zero-order valence-corrected chi connectivity index (χ0v) is 13.0. The summed E-state index contributed by atoms with van der Waals surface area (Å²) in [4.78, 5) is 1.15. The van der Waals surface area contributed by atoms with Crippen molar-refractivity contribution in [3.63, 3.8) is 0 Å². The summed E-state index contributed by atoms with van der Waals surface area (Å²) in [5.41, 5.74) is 2.22. The molecule has 102 valence electrons. The van der Waals surface area contributed by atoms with E-state index >= 15 is 0 Å². The molecule has 0 amide bonds. The van der Waals surface area contributed by atoms with Crippen LogP contribution in [0.1, 0.15) is 21.4 Å². The Morgan fingerprint density at radius 1 is 1.10 bits per heavy atom. The predicted molar refractivity (Wildman–Crippen MR) is 87.3 cm³/mol. The van der Waals surface area contributed by atoms with E-state index < -0.39 is 0 Å². The van der Waals surface area contributed by atoms with Gasteiger partial charge < -0.3 is 4.74 Å². The third kappa shape index (κ3) is 2.41. The molecule has 0 saturated heterocycles. The van der Waals surface area contributed by atoms with Gasteiger partial charge in [0.1, 0.15) is 5.75 Å². The van der Waals surface area contributed by atoms with Gasteiger partial charge in [-0.1, -0.05) is 35.9 Å². The maximum absolute atomic E-state index is 6.69. The molecule has 3 rings (SSSR count). The number of rotatable bonds is 3. The number of benzene rings is 2. The number of fused-ring (bicyclic) bond motifs is 1. The molecule has 1 heterocycles. The van der Waals surface area contributed by atoms with E-state index in [0.29, 0.717) is 0 Å². The average Bonchev–Trinajstić information content (AvgIpc) is 2.90. The predicted octanol–water partition coefficient (Wildman–Crippen LogP) is 5.55. The van der Waals surface area contributed by atoms with Crippen LogP contribution in [-0.4, -0.2) is 7.11 Å². The Kier molecular flexibility index (Phi) is 3.68. The molecule has 0 aliphatic carbocycles. The molecule has 20 heavy (non-hydrogen) atoms. The maximum Gasteiger partial charge on any atom is 0.123 e. The number of hydrogen-bond donors (Lipinski definition) is 0. The maximum atomic E-state index is 6.69. The van der Waals surface area contributed by atoms with Gasteiger partial charge in [-0.25, -0.2) is 0 Å². The Labute approximate surface area is 127 Å². The van der Waals surface area contributed by atoms with Crippen molar-refractivity contribution in [3.8, 4) is 5.75 Å². The number of hydrogen-bond acceptors (Lipinski definition) is 2. The van der Waals surface area contributed by atoms with E-state index in [-0.39, 0.29) is 5.38 Å². The van der Waals surface area contributed by atoms with Crippen molar-refractivity contribution in [1.82, 2.24) is 0 Å². The van der Waals surface area contributed by atoms with E-state index in [1.807, 2.05) is 12.1 Å². The third-order valence-corrected chi connectivity index (χ3v) is 5.13. The first-order valence-electron chi connectivity index (χ1n) is 6.46. The molecule has 0 bridgehead atoms. The number of alkyl halides is 1. The van der Waals surface area contributed by atoms with E-state index in [1.165, 1.54) is 15.6 Å². The van der Waals surface area contributed by atoms with Crippen LogP contribution < -0.4 is 4.74 Å². The molecule has 0 radical (unpaired) electrons. The Bertz CT molecular complexity index is 715. The Hall–Kier alpha value is -1.51. The lowest BCUT2D eigenvalue weighted by Crippen LogP contribution is -1.96. The minimum Gasteiger partial charge on any atom is -0.496 e. The minimum atomic E-state index is -0.178. The lowest BCUT2D eigenvalue weighted by Gasteiger charge is -2.13. The van der Waals surface area contributed by atoms with Crippen LogP contribution in [-0.2, 0) is 0 Å². The smallest absolute Gasteiger partial charge is 0.123 e. The lowest BCUT2D eigenvalue weighted by atomic mass is 10.1. The van der Waals surface area contributed by atoms with Gasteiger partial charge in [-0.15, -0.1) is 22.9 Å². The van der Waals surface area contributed by atoms with E-state index in [9.17, 15) is 0 Å². The van der Waals surface area contributed by atoms with Gasteiger partial charge >= 0.3 is 0 Å². The fraction of sp³-hybridized carbons (Fsp3) is 0.176. The normalized spacial score (nSPS) is 12.6. The van der Waals surface area contributed by atoms with Crippen molar-refractivity contribution in [2.75, 3.05) is 7.11 Å². The van der Waals surface area contributed by atoms with Gasteiger partial charge in [-0.05, 0) is 30.5 Å². The fourth-order valence-corrected chi connectivity index (χ4v) is 3.76. The summed E-state index contributed by atoms with van der Waals surface area (Å²) in [6.45, 7) is 2.07. The highest BCUT2D eigenvalue weighted by molar-refractivity contribution is 7.19. The number of ether oxygens (including phenoxy) is 1. The molecule has 0 spiro atoms. The molecule has 0 N–H and O–H groups in total. The van der Waals surface area contributed by atoms with E-state index in [2.05, 4.69) is 43.3 Å². The van der Waals surface area contributed by atoms with Crippen LogP contribution in [0.4, 0.5) is 0 Å². The van der Waals surface area contributed by atoms with Crippen molar-refractivity contribution >= 4 is 33.0 Å². The summed E-state index contributed by atoms with van der Waals surface area (Å²) in [7, 11) is 1.68. The summed E-state index contributed by atoms with van der Waals surface area (Å²) in [6, 6.07) is 16.6. The van der Waals surface area contributed by atoms with Crippen molar-refractivity contribution in [2.45, 2.75) is 12.3 Å². The van der Waals surface area contributed by atoms with Crippen molar-refractivity contribution in [3.05, 3.63) is 64.5 Å². The van der Waals surface area contributed by atoms with Gasteiger partial charge in [0.05, 0.1) is 12.5 Å². The Morgan fingerprint density at radius 2 is 1.90 bits per heavy atom. The van der Waals surface area contributed by atoms with E-state index in [4.69, 9.17) is 16.3 Å². The zero-order chi connectivity index (χ0) is 14.1. The van der Waals surface area contributed by atoms with Gasteiger partial charge in [0, 0.05) is 15.1 Å². The standard InChI is InChI=1S/C17H15ClOS/c1-11-7-8-14(19-2)13(9-11)17(18)16-10-12-5-3-4-6-15(12)20-16/h3-10,17H,1-2H3. The van der Waals surface area contributed by atoms with Crippen LogP contribution in [0.15, 0.2) is 48.5 Å². The highest BCUT2D eigenvalue weighted by Gasteiger charge is 2.18. The molecule has 1 unspecified atom stereocenters. The molecule has 1 aromatic heterocycles. The van der Waals surface area contributed by atoms with Gasteiger partial charge in [-0.3, -0.25) is 0 Å². The van der Waals surface area contributed by atoms with Gasteiger partial charge in [-0.2, -0.15) is 0 Å². The highest BCUT2D eigenvalue weighted by atomic mass is 35.5. The summed E-state index contributed by atoms with van der Waals surface area (Å²) >= 11 is 8.43. The SMILES string of the molecule is COc1ccc(C)cc1C(Cl)c1cc2ccccc2s1. The summed E-state index contributed by atoms with van der Waals surface area (Å²) in [6.07, 6.45) is 0. The van der Waals surface area contributed by atoms with Crippen LogP contribution in [0.2, 0.25) is 0 Å². The minimum absolute atomic E-state index is 0.178. The first kappa shape index (κ1) is 13.5. The fourth-order valence-electron chi connectivity index (χ4n) is 2.33. The van der Waals surface area contributed by atoms with Crippen LogP contribution in [0.3, 0.4) is 0 Å². The van der Waals surface area contributed by atoms with E-state index in [0.717, 1.165) is 16.2 Å². The summed E-state index contributed by atoms with van der Waals surface area (Å²) in [5, 5.41) is 1.06. The molecule has 0 aliphatic rings. The van der Waals surface area contributed by atoms with Crippen molar-refractivity contribution in [1.29, 1.82) is 0 Å². The highest BCUT2D eigenvalue weighted by Crippen LogP contribution is 2.40. The first-order chi connectivity index (χ1) is 9.69. The summed E-state index contributed by atoms with van der Waals surface area (Å²) in [5.74, 6) is 0.841.